The molecule has 6 heteroatoms. The highest BCUT2D eigenvalue weighted by Crippen LogP contribution is 2.35. The fourth-order valence-corrected chi connectivity index (χ4v) is 2.25. The summed E-state index contributed by atoms with van der Waals surface area (Å²) >= 11 is 0. The molecule has 0 saturated carbocycles. The number of aliphatic carboxylic acids is 1. The summed E-state index contributed by atoms with van der Waals surface area (Å²) in [6, 6.07) is 3.21. The highest BCUT2D eigenvalue weighted by atomic mass is 19.3. The number of carbonyl (C=O) groups is 1. The quantitative estimate of drug-likeness (QED) is 0.876. The molecule has 0 amide bonds. The molecule has 3 nitrogen and oxygen atoms in total. The molecule has 1 aromatic rings. The van der Waals surface area contributed by atoms with E-state index < -0.39 is 35.7 Å². The van der Waals surface area contributed by atoms with Crippen molar-refractivity contribution in [3.63, 3.8) is 0 Å². The molecule has 0 aromatic heterocycles. The van der Waals surface area contributed by atoms with Gasteiger partial charge in [0.05, 0.1) is 11.5 Å². The van der Waals surface area contributed by atoms with E-state index in [1.54, 1.807) is 0 Å². The van der Waals surface area contributed by atoms with Gasteiger partial charge in [-0.25, -0.2) is 13.2 Å². The zero-order valence-electron chi connectivity index (χ0n) is 9.37. The fraction of sp³-hybridized carbons (Fsp3) is 0.417. The van der Waals surface area contributed by atoms with Gasteiger partial charge in [-0.2, -0.15) is 0 Å². The molecule has 1 heterocycles. The molecular weight excluding hydrogens is 247 g/mol. The Balaban J connectivity index is 2.30. The van der Waals surface area contributed by atoms with Crippen molar-refractivity contribution in [2.45, 2.75) is 18.9 Å². The van der Waals surface area contributed by atoms with Gasteiger partial charge < -0.3 is 10.4 Å². The van der Waals surface area contributed by atoms with Crippen LogP contribution in [0.3, 0.4) is 0 Å². The van der Waals surface area contributed by atoms with Crippen molar-refractivity contribution in [3.05, 3.63) is 35.1 Å². The molecule has 1 saturated heterocycles. The van der Waals surface area contributed by atoms with Crippen LogP contribution in [0.5, 0.6) is 0 Å². The topological polar surface area (TPSA) is 49.3 Å². The largest absolute Gasteiger partial charge is 0.481 e. The SMILES string of the molecule is O=C(O)C1CNC(c2cccc(F)c2C(F)F)C1. The second-order valence-corrected chi connectivity index (χ2v) is 4.28. The van der Waals surface area contributed by atoms with Gasteiger partial charge in [0, 0.05) is 12.6 Å². The minimum Gasteiger partial charge on any atom is -0.481 e. The minimum absolute atomic E-state index is 0.147. The van der Waals surface area contributed by atoms with Crippen molar-refractivity contribution in [1.29, 1.82) is 0 Å². The smallest absolute Gasteiger partial charge is 0.307 e. The lowest BCUT2D eigenvalue weighted by atomic mass is 9.96. The van der Waals surface area contributed by atoms with E-state index in [0.29, 0.717) is 0 Å². The molecular formula is C12H12F3NO2. The summed E-state index contributed by atoms with van der Waals surface area (Å²) in [5, 5.41) is 11.7. The maximum atomic E-state index is 13.4. The number of nitrogens with one attached hydrogen (secondary N) is 1. The van der Waals surface area contributed by atoms with E-state index in [1.807, 2.05) is 0 Å². The first-order valence-electron chi connectivity index (χ1n) is 5.53. The van der Waals surface area contributed by atoms with Gasteiger partial charge in [0.1, 0.15) is 5.82 Å². The summed E-state index contributed by atoms with van der Waals surface area (Å²) in [7, 11) is 0. The van der Waals surface area contributed by atoms with E-state index in [-0.39, 0.29) is 18.5 Å². The Bertz CT molecular complexity index is 465. The van der Waals surface area contributed by atoms with E-state index in [4.69, 9.17) is 5.11 Å². The van der Waals surface area contributed by atoms with Gasteiger partial charge in [-0.05, 0) is 18.1 Å². The molecule has 98 valence electrons. The Morgan fingerprint density at radius 3 is 2.72 bits per heavy atom. The zero-order valence-corrected chi connectivity index (χ0v) is 9.37. The Kier molecular flexibility index (Phi) is 3.56. The van der Waals surface area contributed by atoms with Crippen LogP contribution < -0.4 is 5.32 Å². The highest BCUT2D eigenvalue weighted by Gasteiger charge is 2.33. The first-order valence-corrected chi connectivity index (χ1v) is 5.53. The van der Waals surface area contributed by atoms with Crippen LogP contribution in [0, 0.1) is 11.7 Å². The Hall–Kier alpha value is -1.56. The summed E-state index contributed by atoms with van der Waals surface area (Å²) < 4.78 is 39.0. The molecule has 1 fully saturated rings. The normalized spacial score (nSPS) is 23.6. The predicted molar refractivity (Wildman–Crippen MR) is 57.8 cm³/mol. The minimum atomic E-state index is -2.91. The van der Waals surface area contributed by atoms with Gasteiger partial charge in [0.2, 0.25) is 0 Å². The van der Waals surface area contributed by atoms with E-state index >= 15 is 0 Å². The Morgan fingerprint density at radius 2 is 2.17 bits per heavy atom. The predicted octanol–water partition coefficient (Wildman–Crippen LogP) is 2.50. The second-order valence-electron chi connectivity index (χ2n) is 4.28. The summed E-state index contributed by atoms with van der Waals surface area (Å²) in [4.78, 5) is 10.8. The van der Waals surface area contributed by atoms with Gasteiger partial charge in [-0.3, -0.25) is 4.79 Å². The summed E-state index contributed by atoms with van der Waals surface area (Å²) in [5.74, 6) is -2.55. The number of carboxylic acid groups (broad SMARTS) is 1. The van der Waals surface area contributed by atoms with Crippen LogP contribution in [-0.4, -0.2) is 17.6 Å². The molecule has 2 atom stereocenters. The van der Waals surface area contributed by atoms with Crippen molar-refractivity contribution in [1.82, 2.24) is 5.32 Å². The van der Waals surface area contributed by atoms with Crippen molar-refractivity contribution in [3.8, 4) is 0 Å². The third kappa shape index (κ3) is 2.33. The lowest BCUT2D eigenvalue weighted by molar-refractivity contribution is -0.141. The van der Waals surface area contributed by atoms with Crippen LogP contribution in [0.2, 0.25) is 0 Å². The average molecular weight is 259 g/mol. The highest BCUT2D eigenvalue weighted by molar-refractivity contribution is 5.70. The number of halogens is 3. The number of benzene rings is 1. The number of hydrogen-bond acceptors (Lipinski definition) is 2. The third-order valence-corrected chi connectivity index (χ3v) is 3.16. The maximum absolute atomic E-state index is 13.4. The van der Waals surface area contributed by atoms with Gasteiger partial charge in [0.15, 0.2) is 0 Å². The average Bonchev–Trinajstić information content (AvgIpc) is 2.77. The molecule has 2 unspecified atom stereocenters. The first-order chi connectivity index (χ1) is 8.50. The van der Waals surface area contributed by atoms with Crippen molar-refractivity contribution in [2.24, 2.45) is 5.92 Å². The van der Waals surface area contributed by atoms with Crippen LogP contribution in [0.15, 0.2) is 18.2 Å². The number of alkyl halides is 2. The molecule has 1 aromatic carbocycles. The van der Waals surface area contributed by atoms with Gasteiger partial charge in [-0.15, -0.1) is 0 Å². The second kappa shape index (κ2) is 4.97. The summed E-state index contributed by atoms with van der Waals surface area (Å²) in [6.07, 6.45) is -2.72. The van der Waals surface area contributed by atoms with Crippen LogP contribution >= 0.6 is 0 Å². The van der Waals surface area contributed by atoms with Crippen LogP contribution in [0.1, 0.15) is 30.0 Å². The number of hydrogen-bond donors (Lipinski definition) is 2. The molecule has 18 heavy (non-hydrogen) atoms. The molecule has 2 rings (SSSR count). The monoisotopic (exact) mass is 259 g/mol. The summed E-state index contributed by atoms with van der Waals surface area (Å²) in [5.41, 5.74) is -0.491. The van der Waals surface area contributed by atoms with Gasteiger partial charge in [0.25, 0.3) is 6.43 Å². The van der Waals surface area contributed by atoms with Crippen LogP contribution in [0.25, 0.3) is 0 Å². The molecule has 0 bridgehead atoms. The Morgan fingerprint density at radius 1 is 1.44 bits per heavy atom. The number of rotatable bonds is 3. The van der Waals surface area contributed by atoms with Gasteiger partial charge in [-0.1, -0.05) is 12.1 Å². The lowest BCUT2D eigenvalue weighted by Gasteiger charge is -2.16. The fourth-order valence-electron chi connectivity index (χ4n) is 2.25. The maximum Gasteiger partial charge on any atom is 0.307 e. The number of carboxylic acids is 1. The van der Waals surface area contributed by atoms with E-state index in [1.165, 1.54) is 12.1 Å². The molecule has 2 N–H and O–H groups in total. The summed E-state index contributed by atoms with van der Waals surface area (Å²) in [6.45, 7) is 0.208. The Labute approximate surface area is 102 Å². The molecule has 0 radical (unpaired) electrons. The van der Waals surface area contributed by atoms with E-state index in [0.717, 1.165) is 6.07 Å². The standard InChI is InChI=1S/C12H12F3NO2/c13-8-3-1-2-7(10(8)11(14)15)9-4-6(5-16-9)12(17)18/h1-3,6,9,11,16H,4-5H2,(H,17,18). The van der Waals surface area contributed by atoms with Crippen molar-refractivity contribution >= 4 is 5.97 Å². The first kappa shape index (κ1) is 12.9. The molecule has 1 aliphatic rings. The van der Waals surface area contributed by atoms with Crippen LogP contribution in [-0.2, 0) is 4.79 Å². The zero-order chi connectivity index (χ0) is 13.3. The van der Waals surface area contributed by atoms with Crippen LogP contribution in [0.4, 0.5) is 13.2 Å². The van der Waals surface area contributed by atoms with Crippen molar-refractivity contribution in [2.75, 3.05) is 6.54 Å². The van der Waals surface area contributed by atoms with E-state index in [9.17, 15) is 18.0 Å². The van der Waals surface area contributed by atoms with Gasteiger partial charge >= 0.3 is 5.97 Å². The molecule has 0 spiro atoms. The molecule has 0 aliphatic carbocycles. The van der Waals surface area contributed by atoms with Crippen molar-refractivity contribution < 1.29 is 23.1 Å². The van der Waals surface area contributed by atoms with E-state index in [2.05, 4.69) is 5.32 Å². The lowest BCUT2D eigenvalue weighted by Crippen LogP contribution is -2.18. The third-order valence-electron chi connectivity index (χ3n) is 3.16. The molecule has 1 aliphatic heterocycles.